The van der Waals surface area contributed by atoms with Gasteiger partial charge in [0.25, 0.3) is 11.1 Å². The fourth-order valence-electron chi connectivity index (χ4n) is 2.60. The van der Waals surface area contributed by atoms with Crippen LogP contribution in [0.15, 0.2) is 54.6 Å². The minimum Gasteiger partial charge on any atom is -0.480 e. The molecule has 1 aliphatic heterocycles. The average molecular weight is 356 g/mol. The van der Waals surface area contributed by atoms with Gasteiger partial charge in [-0.2, -0.15) is 0 Å². The number of benzene rings is 2. The van der Waals surface area contributed by atoms with Crippen LogP contribution in [-0.4, -0.2) is 34.1 Å². The maximum absolute atomic E-state index is 12.8. The summed E-state index contributed by atoms with van der Waals surface area (Å²) in [5.74, 6) is -1.51. The first-order valence-electron chi connectivity index (χ1n) is 7.62. The molecule has 1 saturated heterocycles. The summed E-state index contributed by atoms with van der Waals surface area (Å²) in [4.78, 5) is 39.0. The molecule has 0 unspecified atom stereocenters. The number of rotatable bonds is 5. The SMILES string of the molecule is Cc1ccc(N2C(=O)S[C@@H](N(CC(=O)O)c3ccccc3)C2=O)cc1. The van der Waals surface area contributed by atoms with Crippen molar-refractivity contribution in [3.8, 4) is 0 Å². The van der Waals surface area contributed by atoms with Crippen molar-refractivity contribution < 1.29 is 19.5 Å². The van der Waals surface area contributed by atoms with E-state index in [1.54, 1.807) is 42.5 Å². The Morgan fingerprint density at radius 1 is 1.12 bits per heavy atom. The molecule has 128 valence electrons. The van der Waals surface area contributed by atoms with E-state index in [1.807, 2.05) is 19.1 Å². The lowest BCUT2D eigenvalue weighted by Gasteiger charge is -2.27. The lowest BCUT2D eigenvalue weighted by atomic mass is 10.2. The summed E-state index contributed by atoms with van der Waals surface area (Å²) in [6.45, 7) is 1.54. The van der Waals surface area contributed by atoms with E-state index in [0.29, 0.717) is 11.4 Å². The van der Waals surface area contributed by atoms with E-state index < -0.39 is 22.5 Å². The quantitative estimate of drug-likeness (QED) is 0.887. The fourth-order valence-corrected chi connectivity index (χ4v) is 3.62. The first-order valence-corrected chi connectivity index (χ1v) is 8.50. The van der Waals surface area contributed by atoms with Crippen molar-refractivity contribution >= 4 is 40.3 Å². The second kappa shape index (κ2) is 6.98. The molecule has 1 aliphatic rings. The highest BCUT2D eigenvalue weighted by atomic mass is 32.2. The van der Waals surface area contributed by atoms with Crippen LogP contribution < -0.4 is 9.80 Å². The van der Waals surface area contributed by atoms with Gasteiger partial charge in [0.1, 0.15) is 6.54 Å². The number of amides is 2. The molecule has 1 heterocycles. The summed E-state index contributed by atoms with van der Waals surface area (Å²) in [5, 5.41) is 7.89. The van der Waals surface area contributed by atoms with Crippen molar-refractivity contribution in [1.82, 2.24) is 0 Å². The molecular weight excluding hydrogens is 340 g/mol. The van der Waals surface area contributed by atoms with Gasteiger partial charge in [-0.3, -0.25) is 14.4 Å². The summed E-state index contributed by atoms with van der Waals surface area (Å²) < 4.78 is 0. The van der Waals surface area contributed by atoms with Crippen LogP contribution in [0.3, 0.4) is 0 Å². The standard InChI is InChI=1S/C18H16N2O4S/c1-12-7-9-14(10-8-12)20-16(23)17(25-18(20)24)19(11-15(21)22)13-5-3-2-4-6-13/h2-10,17H,11H2,1H3,(H,21,22)/t17-/m1/s1. The molecule has 1 fully saturated rings. The molecule has 2 aromatic carbocycles. The highest BCUT2D eigenvalue weighted by molar-refractivity contribution is 8.16. The molecule has 2 amide bonds. The number of imide groups is 1. The number of para-hydroxylation sites is 1. The molecule has 1 atom stereocenters. The van der Waals surface area contributed by atoms with Crippen LogP contribution in [0.1, 0.15) is 5.56 Å². The number of carboxylic acids is 1. The predicted molar refractivity (Wildman–Crippen MR) is 96.9 cm³/mol. The Labute approximate surface area is 149 Å². The van der Waals surface area contributed by atoms with E-state index in [-0.39, 0.29) is 6.54 Å². The predicted octanol–water partition coefficient (Wildman–Crippen LogP) is 3.11. The van der Waals surface area contributed by atoms with Crippen LogP contribution >= 0.6 is 11.8 Å². The van der Waals surface area contributed by atoms with E-state index in [2.05, 4.69) is 0 Å². The van der Waals surface area contributed by atoms with Gasteiger partial charge in [0.2, 0.25) is 0 Å². The number of hydrogen-bond acceptors (Lipinski definition) is 5. The van der Waals surface area contributed by atoms with Gasteiger partial charge in [0.15, 0.2) is 5.37 Å². The Hall–Kier alpha value is -2.80. The van der Waals surface area contributed by atoms with Gasteiger partial charge in [0.05, 0.1) is 5.69 Å². The highest BCUT2D eigenvalue weighted by Crippen LogP contribution is 2.35. The van der Waals surface area contributed by atoms with E-state index in [9.17, 15) is 19.5 Å². The molecule has 0 radical (unpaired) electrons. The number of thioether (sulfide) groups is 1. The van der Waals surface area contributed by atoms with E-state index in [1.165, 1.54) is 4.90 Å². The van der Waals surface area contributed by atoms with Crippen LogP contribution in [0.2, 0.25) is 0 Å². The smallest absolute Gasteiger partial charge is 0.323 e. The third kappa shape index (κ3) is 3.51. The summed E-state index contributed by atoms with van der Waals surface area (Å²) in [6.07, 6.45) is 0. The Kier molecular flexibility index (Phi) is 4.76. The van der Waals surface area contributed by atoms with Gasteiger partial charge in [-0.25, -0.2) is 4.90 Å². The third-order valence-electron chi connectivity index (χ3n) is 3.80. The van der Waals surface area contributed by atoms with Gasteiger partial charge in [0, 0.05) is 5.69 Å². The lowest BCUT2D eigenvalue weighted by molar-refractivity contribution is -0.135. The maximum atomic E-state index is 12.8. The topological polar surface area (TPSA) is 77.9 Å². The number of aryl methyl sites for hydroxylation is 1. The minimum atomic E-state index is -1.07. The molecule has 1 N–H and O–H groups in total. The van der Waals surface area contributed by atoms with Crippen LogP contribution in [0.25, 0.3) is 0 Å². The molecule has 3 rings (SSSR count). The maximum Gasteiger partial charge on any atom is 0.323 e. The first kappa shape index (κ1) is 17.0. The number of aliphatic carboxylic acids is 1. The van der Waals surface area contributed by atoms with E-state index >= 15 is 0 Å². The molecule has 0 spiro atoms. The number of carbonyl (C=O) groups excluding carboxylic acids is 2. The number of nitrogens with zero attached hydrogens (tertiary/aromatic N) is 2. The molecule has 0 aromatic heterocycles. The molecule has 0 aliphatic carbocycles. The number of carboxylic acid groups (broad SMARTS) is 1. The molecule has 7 heteroatoms. The monoisotopic (exact) mass is 356 g/mol. The summed E-state index contributed by atoms with van der Waals surface area (Å²) >= 11 is 0.826. The third-order valence-corrected chi connectivity index (χ3v) is 4.86. The summed E-state index contributed by atoms with van der Waals surface area (Å²) in [7, 11) is 0. The largest absolute Gasteiger partial charge is 0.480 e. The van der Waals surface area contributed by atoms with Crippen molar-refractivity contribution in [3.05, 3.63) is 60.2 Å². The first-order chi connectivity index (χ1) is 12.0. The number of anilines is 2. The normalized spacial score (nSPS) is 17.0. The average Bonchev–Trinajstić information content (AvgIpc) is 2.89. The van der Waals surface area contributed by atoms with Crippen molar-refractivity contribution in [2.45, 2.75) is 12.3 Å². The molecule has 0 bridgehead atoms. The van der Waals surface area contributed by atoms with Crippen molar-refractivity contribution in [2.24, 2.45) is 0 Å². The second-order valence-electron chi connectivity index (χ2n) is 5.60. The lowest BCUT2D eigenvalue weighted by Crippen LogP contribution is -2.43. The van der Waals surface area contributed by atoms with E-state index in [0.717, 1.165) is 22.2 Å². The highest BCUT2D eigenvalue weighted by Gasteiger charge is 2.44. The number of hydrogen-bond donors (Lipinski definition) is 1. The van der Waals surface area contributed by atoms with Crippen molar-refractivity contribution in [2.75, 3.05) is 16.3 Å². The van der Waals surface area contributed by atoms with Crippen LogP contribution in [0.4, 0.5) is 16.2 Å². The van der Waals surface area contributed by atoms with Gasteiger partial charge >= 0.3 is 5.97 Å². The van der Waals surface area contributed by atoms with Crippen LogP contribution in [-0.2, 0) is 9.59 Å². The zero-order valence-electron chi connectivity index (χ0n) is 13.5. The van der Waals surface area contributed by atoms with Crippen molar-refractivity contribution in [3.63, 3.8) is 0 Å². The second-order valence-corrected chi connectivity index (χ2v) is 6.63. The molecule has 0 saturated carbocycles. The molecule has 2 aromatic rings. The zero-order valence-corrected chi connectivity index (χ0v) is 14.3. The Bertz CT molecular complexity index is 808. The summed E-state index contributed by atoms with van der Waals surface area (Å²) in [6, 6.07) is 15.8. The van der Waals surface area contributed by atoms with Gasteiger partial charge in [-0.1, -0.05) is 35.9 Å². The van der Waals surface area contributed by atoms with E-state index in [4.69, 9.17) is 0 Å². The fraction of sp³-hybridized carbons (Fsp3) is 0.167. The van der Waals surface area contributed by atoms with Crippen LogP contribution in [0, 0.1) is 6.92 Å². The Balaban J connectivity index is 1.93. The molecule has 25 heavy (non-hydrogen) atoms. The molecule has 6 nitrogen and oxygen atoms in total. The van der Waals surface area contributed by atoms with Crippen molar-refractivity contribution in [1.29, 1.82) is 0 Å². The van der Waals surface area contributed by atoms with Gasteiger partial charge in [-0.15, -0.1) is 0 Å². The van der Waals surface area contributed by atoms with Gasteiger partial charge in [-0.05, 0) is 43.0 Å². The van der Waals surface area contributed by atoms with Crippen LogP contribution in [0.5, 0.6) is 0 Å². The minimum absolute atomic E-state index is 0.373. The Morgan fingerprint density at radius 3 is 2.36 bits per heavy atom. The number of carbonyl (C=O) groups is 3. The summed E-state index contributed by atoms with van der Waals surface area (Å²) in [5.41, 5.74) is 2.08. The Morgan fingerprint density at radius 2 is 1.76 bits per heavy atom. The van der Waals surface area contributed by atoms with Gasteiger partial charge < -0.3 is 10.0 Å². The molecular formula is C18H16N2O4S. The zero-order chi connectivity index (χ0) is 18.0.